The summed E-state index contributed by atoms with van der Waals surface area (Å²) in [6, 6.07) is 2.32. The number of nitrogens with zero attached hydrogens (tertiary/aromatic N) is 2. The topological polar surface area (TPSA) is 51.4 Å². The van der Waals surface area contributed by atoms with Crippen molar-refractivity contribution >= 4 is 0 Å². The average molecular weight is 263 g/mol. The fraction of sp³-hybridized carbons (Fsp3) is 0.667. The van der Waals surface area contributed by atoms with Gasteiger partial charge in [0.2, 0.25) is 0 Å². The van der Waals surface area contributed by atoms with E-state index in [4.69, 9.17) is 10.5 Å². The summed E-state index contributed by atoms with van der Waals surface area (Å²) >= 11 is 0. The molecule has 1 saturated heterocycles. The van der Waals surface area contributed by atoms with Crippen molar-refractivity contribution in [3.05, 3.63) is 29.6 Å². The lowest BCUT2D eigenvalue weighted by Crippen LogP contribution is -2.36. The van der Waals surface area contributed by atoms with Crippen LogP contribution in [0.3, 0.4) is 0 Å². The summed E-state index contributed by atoms with van der Waals surface area (Å²) in [6.07, 6.45) is 6.11. The lowest BCUT2D eigenvalue weighted by molar-refractivity contribution is 0.0506. The summed E-state index contributed by atoms with van der Waals surface area (Å²) < 4.78 is 5.42. The van der Waals surface area contributed by atoms with Crippen LogP contribution in [0.15, 0.2) is 18.5 Å². The van der Waals surface area contributed by atoms with Gasteiger partial charge in [-0.15, -0.1) is 0 Å². The predicted octanol–water partition coefficient (Wildman–Crippen LogP) is 1.75. The van der Waals surface area contributed by atoms with Crippen LogP contribution >= 0.6 is 0 Å². The number of aryl methyl sites for hydroxylation is 1. The molecule has 1 unspecified atom stereocenters. The first kappa shape index (κ1) is 14.4. The maximum atomic E-state index is 5.99. The molecule has 1 aromatic rings. The van der Waals surface area contributed by atoms with Gasteiger partial charge in [-0.1, -0.05) is 0 Å². The van der Waals surface area contributed by atoms with Crippen LogP contribution < -0.4 is 5.73 Å². The van der Waals surface area contributed by atoms with E-state index in [0.29, 0.717) is 6.54 Å². The van der Waals surface area contributed by atoms with Gasteiger partial charge in [-0.2, -0.15) is 0 Å². The number of hydrogen-bond acceptors (Lipinski definition) is 4. The first-order valence-electron chi connectivity index (χ1n) is 7.11. The molecule has 19 heavy (non-hydrogen) atoms. The minimum atomic E-state index is 0.261. The Balaban J connectivity index is 2.02. The quantitative estimate of drug-likeness (QED) is 0.879. The first-order valence-corrected chi connectivity index (χ1v) is 7.11. The number of hydrogen-bond donors (Lipinski definition) is 1. The maximum absolute atomic E-state index is 5.99. The monoisotopic (exact) mass is 263 g/mol. The third-order valence-corrected chi connectivity index (χ3v) is 4.08. The van der Waals surface area contributed by atoms with Crippen LogP contribution in [0.5, 0.6) is 0 Å². The minimum absolute atomic E-state index is 0.261. The van der Waals surface area contributed by atoms with Gasteiger partial charge in [0.05, 0.1) is 0 Å². The molecule has 0 saturated carbocycles. The number of rotatable bonds is 5. The highest BCUT2D eigenvalue weighted by molar-refractivity contribution is 5.25. The van der Waals surface area contributed by atoms with Gasteiger partial charge < -0.3 is 10.5 Å². The largest absolute Gasteiger partial charge is 0.381 e. The molecular formula is C15H25N3O. The van der Waals surface area contributed by atoms with E-state index >= 15 is 0 Å². The number of likely N-dealkylation sites (N-methyl/N-ethyl adjacent to an activating group) is 1. The highest BCUT2D eigenvalue weighted by atomic mass is 16.5. The summed E-state index contributed by atoms with van der Waals surface area (Å²) in [5, 5.41) is 0. The Bertz CT molecular complexity index is 391. The second kappa shape index (κ2) is 6.98. The standard InChI is InChI=1S/C15H25N3O/c1-12-3-6-17-10-14(12)15(9-16)18(2)11-13-4-7-19-8-5-13/h3,6,10,13,15H,4-5,7-9,11,16H2,1-2H3. The van der Waals surface area contributed by atoms with Gasteiger partial charge in [-0.25, -0.2) is 0 Å². The van der Waals surface area contributed by atoms with Crippen LogP contribution in [0.1, 0.15) is 30.0 Å². The summed E-state index contributed by atoms with van der Waals surface area (Å²) in [5.41, 5.74) is 8.50. The van der Waals surface area contributed by atoms with Crippen molar-refractivity contribution in [2.45, 2.75) is 25.8 Å². The van der Waals surface area contributed by atoms with Gasteiger partial charge in [0, 0.05) is 44.7 Å². The lowest BCUT2D eigenvalue weighted by atomic mass is 9.97. The van der Waals surface area contributed by atoms with E-state index in [1.165, 1.54) is 11.1 Å². The van der Waals surface area contributed by atoms with Gasteiger partial charge in [0.1, 0.15) is 0 Å². The molecular weight excluding hydrogens is 238 g/mol. The fourth-order valence-corrected chi connectivity index (χ4v) is 2.83. The normalized spacial score (nSPS) is 18.7. The van der Waals surface area contributed by atoms with Crippen LogP contribution in [-0.2, 0) is 4.74 Å². The predicted molar refractivity (Wildman–Crippen MR) is 76.9 cm³/mol. The summed E-state index contributed by atoms with van der Waals surface area (Å²) in [7, 11) is 2.17. The lowest BCUT2D eigenvalue weighted by Gasteiger charge is -2.33. The van der Waals surface area contributed by atoms with Crippen molar-refractivity contribution in [3.63, 3.8) is 0 Å². The molecule has 0 aliphatic carbocycles. The highest BCUT2D eigenvalue weighted by Gasteiger charge is 2.22. The van der Waals surface area contributed by atoms with Crippen molar-refractivity contribution < 1.29 is 4.74 Å². The Morgan fingerprint density at radius 2 is 2.21 bits per heavy atom. The zero-order valence-electron chi connectivity index (χ0n) is 12.0. The molecule has 4 nitrogen and oxygen atoms in total. The van der Waals surface area contributed by atoms with Crippen molar-refractivity contribution in [1.82, 2.24) is 9.88 Å². The third-order valence-electron chi connectivity index (χ3n) is 4.08. The van der Waals surface area contributed by atoms with Crippen LogP contribution in [0.4, 0.5) is 0 Å². The van der Waals surface area contributed by atoms with Crippen LogP contribution in [0.25, 0.3) is 0 Å². The maximum Gasteiger partial charge on any atom is 0.0485 e. The van der Waals surface area contributed by atoms with Gasteiger partial charge in [-0.3, -0.25) is 9.88 Å². The van der Waals surface area contributed by atoms with E-state index < -0.39 is 0 Å². The van der Waals surface area contributed by atoms with Crippen molar-refractivity contribution in [1.29, 1.82) is 0 Å². The van der Waals surface area contributed by atoms with Crippen molar-refractivity contribution in [2.24, 2.45) is 11.7 Å². The fourth-order valence-electron chi connectivity index (χ4n) is 2.83. The van der Waals surface area contributed by atoms with Gasteiger partial charge >= 0.3 is 0 Å². The van der Waals surface area contributed by atoms with Crippen LogP contribution in [-0.4, -0.2) is 43.2 Å². The Labute approximate surface area is 116 Å². The Hall–Kier alpha value is -0.970. The van der Waals surface area contributed by atoms with Gasteiger partial charge in [0.25, 0.3) is 0 Å². The smallest absolute Gasteiger partial charge is 0.0485 e. The Kier molecular flexibility index (Phi) is 5.31. The van der Waals surface area contributed by atoms with Crippen molar-refractivity contribution in [3.8, 4) is 0 Å². The minimum Gasteiger partial charge on any atom is -0.381 e. The molecule has 1 aliphatic heterocycles. The molecule has 0 amide bonds. The van der Waals surface area contributed by atoms with E-state index in [1.54, 1.807) is 0 Å². The molecule has 2 rings (SSSR count). The van der Waals surface area contributed by atoms with Gasteiger partial charge in [-0.05, 0) is 49.9 Å². The molecule has 2 heterocycles. The molecule has 0 aromatic carbocycles. The van der Waals surface area contributed by atoms with E-state index in [0.717, 1.165) is 38.5 Å². The molecule has 1 fully saturated rings. The number of nitrogens with two attached hydrogens (primary N) is 1. The highest BCUT2D eigenvalue weighted by Crippen LogP contribution is 2.24. The molecule has 1 aliphatic rings. The number of aromatic nitrogens is 1. The van der Waals surface area contributed by atoms with Crippen LogP contribution in [0, 0.1) is 12.8 Å². The Morgan fingerprint density at radius 3 is 2.84 bits per heavy atom. The Morgan fingerprint density at radius 1 is 1.47 bits per heavy atom. The second-order valence-electron chi connectivity index (χ2n) is 5.48. The second-order valence-corrected chi connectivity index (χ2v) is 5.48. The molecule has 2 N–H and O–H groups in total. The van der Waals surface area contributed by atoms with E-state index in [1.807, 2.05) is 12.4 Å². The number of pyridine rings is 1. The molecule has 1 aromatic heterocycles. The molecule has 1 atom stereocenters. The SMILES string of the molecule is Cc1ccncc1C(CN)N(C)CC1CCOCC1. The average Bonchev–Trinajstić information content (AvgIpc) is 2.43. The molecule has 106 valence electrons. The van der Waals surface area contributed by atoms with E-state index in [2.05, 4.69) is 29.9 Å². The molecule has 4 heteroatoms. The third kappa shape index (κ3) is 3.75. The summed E-state index contributed by atoms with van der Waals surface area (Å²) in [6.45, 7) is 5.64. The summed E-state index contributed by atoms with van der Waals surface area (Å²) in [4.78, 5) is 6.62. The molecule has 0 radical (unpaired) electrons. The zero-order chi connectivity index (χ0) is 13.7. The van der Waals surface area contributed by atoms with Gasteiger partial charge in [0.15, 0.2) is 0 Å². The molecule has 0 spiro atoms. The van der Waals surface area contributed by atoms with E-state index in [-0.39, 0.29) is 6.04 Å². The molecule has 0 bridgehead atoms. The summed E-state index contributed by atoms with van der Waals surface area (Å²) in [5.74, 6) is 0.727. The van der Waals surface area contributed by atoms with Crippen molar-refractivity contribution in [2.75, 3.05) is 33.4 Å². The number of ether oxygens (including phenoxy) is 1. The zero-order valence-corrected chi connectivity index (χ0v) is 12.0. The van der Waals surface area contributed by atoms with E-state index in [9.17, 15) is 0 Å². The first-order chi connectivity index (χ1) is 9.22. The van der Waals surface area contributed by atoms with Crippen LogP contribution in [0.2, 0.25) is 0 Å².